The maximum Gasteiger partial charge on any atom is 0.308 e. The Morgan fingerprint density at radius 1 is 1.53 bits per heavy atom. The van der Waals surface area contributed by atoms with Gasteiger partial charge in [0.1, 0.15) is 5.75 Å². The molecule has 1 fully saturated rings. The van der Waals surface area contributed by atoms with E-state index in [1.54, 1.807) is 18.0 Å². The van der Waals surface area contributed by atoms with Crippen molar-refractivity contribution in [2.24, 2.45) is 5.92 Å². The molecule has 1 amide bonds. The Morgan fingerprint density at radius 2 is 2.32 bits per heavy atom. The van der Waals surface area contributed by atoms with Crippen molar-refractivity contribution in [3.05, 3.63) is 18.2 Å². The fraction of sp³-hybridized carbons (Fsp3) is 0.385. The Kier molecular flexibility index (Phi) is 2.58. The van der Waals surface area contributed by atoms with Crippen LogP contribution in [0.5, 0.6) is 5.75 Å². The highest BCUT2D eigenvalue weighted by atomic mass is 16.5. The fourth-order valence-electron chi connectivity index (χ4n) is 2.42. The molecule has 2 unspecified atom stereocenters. The molecule has 1 aromatic rings. The number of fused-ring (bicyclic) bond motifs is 1. The molecule has 0 radical (unpaired) electrons. The maximum atomic E-state index is 12.0. The van der Waals surface area contributed by atoms with Crippen LogP contribution in [-0.2, 0) is 9.59 Å². The summed E-state index contributed by atoms with van der Waals surface area (Å²) in [7, 11) is 1.79. The lowest BCUT2D eigenvalue weighted by Crippen LogP contribution is -2.41. The molecule has 6 nitrogen and oxygen atoms in total. The number of aliphatic carboxylic acids is 1. The Balaban J connectivity index is 1.97. The van der Waals surface area contributed by atoms with Crippen LogP contribution in [0.3, 0.4) is 0 Å². The topological polar surface area (TPSA) is 78.9 Å². The molecule has 2 aliphatic rings. The number of carboxylic acids is 1. The Labute approximate surface area is 110 Å². The molecule has 0 saturated heterocycles. The average molecular weight is 262 g/mol. The van der Waals surface area contributed by atoms with Gasteiger partial charge in [0, 0.05) is 12.7 Å². The predicted octanol–water partition coefficient (Wildman–Crippen LogP) is 0.927. The summed E-state index contributed by atoms with van der Waals surface area (Å²) >= 11 is 0. The largest absolute Gasteiger partial charge is 0.482 e. The van der Waals surface area contributed by atoms with Crippen molar-refractivity contribution in [1.29, 1.82) is 0 Å². The molecule has 0 bridgehead atoms. The normalized spacial score (nSPS) is 24.5. The first kappa shape index (κ1) is 11.8. The molecule has 1 aliphatic carbocycles. The SMILES string of the molecule is CNc1ccc2c(c1)N(C1CC1C(=O)O)C(=O)CO2. The van der Waals surface area contributed by atoms with Gasteiger partial charge < -0.3 is 20.1 Å². The van der Waals surface area contributed by atoms with E-state index in [0.29, 0.717) is 17.9 Å². The molecule has 1 heterocycles. The van der Waals surface area contributed by atoms with Gasteiger partial charge in [0.05, 0.1) is 17.6 Å². The van der Waals surface area contributed by atoms with E-state index in [2.05, 4.69) is 5.32 Å². The number of nitrogens with one attached hydrogen (secondary N) is 1. The molecule has 100 valence electrons. The molecule has 19 heavy (non-hydrogen) atoms. The summed E-state index contributed by atoms with van der Waals surface area (Å²) in [6, 6.07) is 5.20. The zero-order chi connectivity index (χ0) is 13.6. The zero-order valence-electron chi connectivity index (χ0n) is 10.4. The second kappa shape index (κ2) is 4.15. The van der Waals surface area contributed by atoms with Crippen LogP contribution in [-0.4, -0.2) is 36.7 Å². The maximum absolute atomic E-state index is 12.0. The second-order valence-corrected chi connectivity index (χ2v) is 4.73. The second-order valence-electron chi connectivity index (χ2n) is 4.73. The zero-order valence-corrected chi connectivity index (χ0v) is 10.4. The van der Waals surface area contributed by atoms with Crippen molar-refractivity contribution in [2.45, 2.75) is 12.5 Å². The molecule has 1 saturated carbocycles. The van der Waals surface area contributed by atoms with Gasteiger partial charge in [-0.3, -0.25) is 9.59 Å². The highest BCUT2D eigenvalue weighted by molar-refractivity contribution is 6.00. The summed E-state index contributed by atoms with van der Waals surface area (Å²) in [4.78, 5) is 24.5. The van der Waals surface area contributed by atoms with Gasteiger partial charge in [-0.15, -0.1) is 0 Å². The highest BCUT2D eigenvalue weighted by Crippen LogP contribution is 2.44. The molecule has 3 rings (SSSR count). The van der Waals surface area contributed by atoms with Gasteiger partial charge in [-0.25, -0.2) is 0 Å². The number of carbonyl (C=O) groups is 2. The van der Waals surface area contributed by atoms with Crippen LogP contribution in [0.15, 0.2) is 18.2 Å². The van der Waals surface area contributed by atoms with E-state index < -0.39 is 11.9 Å². The molecule has 1 aromatic carbocycles. The summed E-state index contributed by atoms with van der Waals surface area (Å²) in [6.45, 7) is -0.0330. The first-order chi connectivity index (χ1) is 9.11. The molecule has 2 N–H and O–H groups in total. The lowest BCUT2D eigenvalue weighted by atomic mass is 10.2. The van der Waals surface area contributed by atoms with Gasteiger partial charge in [0.15, 0.2) is 6.61 Å². The van der Waals surface area contributed by atoms with Gasteiger partial charge >= 0.3 is 5.97 Å². The molecule has 6 heteroatoms. The number of ether oxygens (including phenoxy) is 1. The van der Waals surface area contributed by atoms with Gasteiger partial charge in [0.2, 0.25) is 0 Å². The van der Waals surface area contributed by atoms with Crippen LogP contribution in [0.25, 0.3) is 0 Å². The van der Waals surface area contributed by atoms with E-state index in [9.17, 15) is 9.59 Å². The highest BCUT2D eigenvalue weighted by Gasteiger charge is 2.50. The van der Waals surface area contributed by atoms with Gasteiger partial charge in [0.25, 0.3) is 5.91 Å². The minimum absolute atomic E-state index is 0.0330. The van der Waals surface area contributed by atoms with Crippen molar-refractivity contribution >= 4 is 23.3 Å². The number of carboxylic acid groups (broad SMARTS) is 1. The third kappa shape index (κ3) is 1.89. The number of hydrogen-bond donors (Lipinski definition) is 2. The third-order valence-electron chi connectivity index (χ3n) is 3.53. The Morgan fingerprint density at radius 3 is 2.95 bits per heavy atom. The molecule has 1 aliphatic heterocycles. The molecule has 2 atom stereocenters. The fourth-order valence-corrected chi connectivity index (χ4v) is 2.42. The molecular formula is C13H14N2O4. The summed E-state index contributed by atoms with van der Waals surface area (Å²) in [5.74, 6) is -0.882. The average Bonchev–Trinajstić information content (AvgIpc) is 3.18. The van der Waals surface area contributed by atoms with Gasteiger partial charge in [-0.2, -0.15) is 0 Å². The number of hydrogen-bond acceptors (Lipinski definition) is 4. The monoisotopic (exact) mass is 262 g/mol. The Hall–Kier alpha value is -2.24. The lowest BCUT2D eigenvalue weighted by molar-refractivity contribution is -0.138. The van der Waals surface area contributed by atoms with Crippen molar-refractivity contribution in [3.8, 4) is 5.75 Å². The lowest BCUT2D eigenvalue weighted by Gasteiger charge is -2.30. The van der Waals surface area contributed by atoms with Crippen LogP contribution in [0, 0.1) is 5.92 Å². The number of amides is 1. The summed E-state index contributed by atoms with van der Waals surface area (Å²) in [5, 5.41) is 12.0. The van der Waals surface area contributed by atoms with Crippen LogP contribution < -0.4 is 15.0 Å². The van der Waals surface area contributed by atoms with E-state index in [-0.39, 0.29) is 18.6 Å². The Bertz CT molecular complexity index is 558. The van der Waals surface area contributed by atoms with Crippen molar-refractivity contribution in [2.75, 3.05) is 23.9 Å². The van der Waals surface area contributed by atoms with E-state index >= 15 is 0 Å². The number of benzene rings is 1. The minimum atomic E-state index is -0.851. The van der Waals surface area contributed by atoms with Gasteiger partial charge in [-0.05, 0) is 24.6 Å². The third-order valence-corrected chi connectivity index (χ3v) is 3.53. The van der Waals surface area contributed by atoms with E-state index in [0.717, 1.165) is 5.69 Å². The number of rotatable bonds is 3. The van der Waals surface area contributed by atoms with Crippen LogP contribution in [0.1, 0.15) is 6.42 Å². The number of anilines is 2. The van der Waals surface area contributed by atoms with Crippen LogP contribution >= 0.6 is 0 Å². The van der Waals surface area contributed by atoms with E-state index in [1.807, 2.05) is 12.1 Å². The smallest absolute Gasteiger partial charge is 0.308 e. The van der Waals surface area contributed by atoms with Gasteiger partial charge in [-0.1, -0.05) is 0 Å². The van der Waals surface area contributed by atoms with Crippen molar-refractivity contribution in [3.63, 3.8) is 0 Å². The standard InChI is InChI=1S/C13H14N2O4/c1-14-7-2-3-11-10(4-7)15(12(16)6-19-11)9-5-8(9)13(17)18/h2-4,8-9,14H,5-6H2,1H3,(H,17,18). The first-order valence-corrected chi connectivity index (χ1v) is 6.11. The van der Waals surface area contributed by atoms with Crippen molar-refractivity contribution < 1.29 is 19.4 Å². The minimum Gasteiger partial charge on any atom is -0.482 e. The predicted molar refractivity (Wildman–Crippen MR) is 68.5 cm³/mol. The van der Waals surface area contributed by atoms with E-state index in [1.165, 1.54) is 0 Å². The molecular weight excluding hydrogens is 248 g/mol. The molecule has 0 spiro atoms. The number of carbonyl (C=O) groups excluding carboxylic acids is 1. The molecule has 0 aromatic heterocycles. The number of nitrogens with zero attached hydrogens (tertiary/aromatic N) is 1. The summed E-state index contributed by atoms with van der Waals surface area (Å²) in [5.41, 5.74) is 1.51. The summed E-state index contributed by atoms with van der Waals surface area (Å²) in [6.07, 6.45) is 0.504. The van der Waals surface area contributed by atoms with Crippen LogP contribution in [0.2, 0.25) is 0 Å². The quantitative estimate of drug-likeness (QED) is 0.847. The summed E-state index contributed by atoms with van der Waals surface area (Å²) < 4.78 is 5.37. The first-order valence-electron chi connectivity index (χ1n) is 6.11. The van der Waals surface area contributed by atoms with E-state index in [4.69, 9.17) is 9.84 Å². The van der Waals surface area contributed by atoms with Crippen molar-refractivity contribution in [1.82, 2.24) is 0 Å². The van der Waals surface area contributed by atoms with Crippen LogP contribution in [0.4, 0.5) is 11.4 Å².